The molecule has 0 spiro atoms. The van der Waals surface area contributed by atoms with Gasteiger partial charge in [0.1, 0.15) is 5.75 Å². The number of carboxylic acids is 1. The molecule has 1 amide bonds. The fourth-order valence-electron chi connectivity index (χ4n) is 1.75. The zero-order valence-electron chi connectivity index (χ0n) is 10.5. The van der Waals surface area contributed by atoms with Crippen molar-refractivity contribution in [3.8, 4) is 5.75 Å². The highest BCUT2D eigenvalue weighted by molar-refractivity contribution is 8.00. The van der Waals surface area contributed by atoms with E-state index in [9.17, 15) is 9.59 Å². The molecule has 0 aromatic heterocycles. The van der Waals surface area contributed by atoms with E-state index < -0.39 is 11.9 Å². The number of benzene rings is 1. The summed E-state index contributed by atoms with van der Waals surface area (Å²) in [6.07, 6.45) is 0. The van der Waals surface area contributed by atoms with E-state index in [2.05, 4.69) is 0 Å². The first kappa shape index (κ1) is 13.7. The van der Waals surface area contributed by atoms with E-state index >= 15 is 0 Å². The highest BCUT2D eigenvalue weighted by Gasteiger charge is 2.35. The Kier molecular flexibility index (Phi) is 4.31. The van der Waals surface area contributed by atoms with Gasteiger partial charge in [-0.3, -0.25) is 9.59 Å². The Morgan fingerprint density at radius 3 is 2.53 bits per heavy atom. The van der Waals surface area contributed by atoms with E-state index in [-0.39, 0.29) is 5.91 Å². The second kappa shape index (κ2) is 5.97. The molecule has 2 rings (SSSR count). The minimum Gasteiger partial charge on any atom is -0.497 e. The number of carboxylic acid groups (broad SMARTS) is 1. The van der Waals surface area contributed by atoms with Crippen LogP contribution < -0.4 is 4.74 Å². The van der Waals surface area contributed by atoms with E-state index in [1.54, 1.807) is 12.0 Å². The number of carbonyl (C=O) groups is 2. The third kappa shape index (κ3) is 3.41. The normalized spacial score (nSPS) is 14.9. The van der Waals surface area contributed by atoms with Gasteiger partial charge in [-0.15, -0.1) is 11.8 Å². The van der Waals surface area contributed by atoms with Crippen LogP contribution in [-0.2, 0) is 9.59 Å². The predicted molar refractivity (Wildman–Crippen MR) is 71.4 cm³/mol. The van der Waals surface area contributed by atoms with E-state index in [0.29, 0.717) is 18.8 Å². The number of nitrogens with zero attached hydrogens (tertiary/aromatic N) is 1. The molecular weight excluding hydrogens is 266 g/mol. The number of carbonyl (C=O) groups excluding carboxylic acids is 1. The monoisotopic (exact) mass is 281 g/mol. The van der Waals surface area contributed by atoms with Crippen molar-refractivity contribution < 1.29 is 19.4 Å². The summed E-state index contributed by atoms with van der Waals surface area (Å²) >= 11 is 1.44. The maximum absolute atomic E-state index is 11.8. The van der Waals surface area contributed by atoms with E-state index in [0.717, 1.165) is 10.6 Å². The second-order valence-electron chi connectivity index (χ2n) is 4.30. The van der Waals surface area contributed by atoms with Crippen LogP contribution in [0.4, 0.5) is 0 Å². The van der Waals surface area contributed by atoms with Gasteiger partial charge in [0, 0.05) is 18.0 Å². The summed E-state index contributed by atoms with van der Waals surface area (Å²) in [6.45, 7) is 0.661. The number of amides is 1. The Hall–Kier alpha value is -1.69. The molecule has 0 radical (unpaired) electrons. The summed E-state index contributed by atoms with van der Waals surface area (Å²) < 4.78 is 5.05. The largest absolute Gasteiger partial charge is 0.497 e. The average molecular weight is 281 g/mol. The third-order valence-corrected chi connectivity index (χ3v) is 4.00. The fourth-order valence-corrected chi connectivity index (χ4v) is 2.55. The fraction of sp³-hybridized carbons (Fsp3) is 0.385. The van der Waals surface area contributed by atoms with Crippen molar-refractivity contribution >= 4 is 23.6 Å². The van der Waals surface area contributed by atoms with Gasteiger partial charge in [0.05, 0.1) is 18.8 Å². The smallest absolute Gasteiger partial charge is 0.310 e. The number of methoxy groups -OCH3 is 1. The molecule has 0 unspecified atom stereocenters. The molecular formula is C13H15NO4S. The molecule has 1 aromatic rings. The van der Waals surface area contributed by atoms with Gasteiger partial charge in [-0.1, -0.05) is 0 Å². The molecule has 1 heterocycles. The molecule has 1 aromatic carbocycles. The number of aliphatic carboxylic acids is 1. The van der Waals surface area contributed by atoms with Crippen LogP contribution >= 0.6 is 11.8 Å². The maximum Gasteiger partial charge on any atom is 0.310 e. The molecule has 0 atom stereocenters. The molecule has 1 saturated heterocycles. The van der Waals surface area contributed by atoms with Crippen LogP contribution in [0.1, 0.15) is 0 Å². The van der Waals surface area contributed by atoms with Crippen LogP contribution in [0.3, 0.4) is 0 Å². The minimum absolute atomic E-state index is 0.0154. The van der Waals surface area contributed by atoms with Gasteiger partial charge in [-0.05, 0) is 24.3 Å². The summed E-state index contributed by atoms with van der Waals surface area (Å²) in [5, 5.41) is 8.74. The molecule has 0 bridgehead atoms. The van der Waals surface area contributed by atoms with Crippen molar-refractivity contribution in [2.24, 2.45) is 5.92 Å². The predicted octanol–water partition coefficient (Wildman–Crippen LogP) is 1.33. The number of thioether (sulfide) groups is 1. The summed E-state index contributed by atoms with van der Waals surface area (Å²) in [6, 6.07) is 7.48. The summed E-state index contributed by atoms with van der Waals surface area (Å²) in [5.41, 5.74) is 0. The highest BCUT2D eigenvalue weighted by Crippen LogP contribution is 2.23. The highest BCUT2D eigenvalue weighted by atomic mass is 32.2. The summed E-state index contributed by atoms with van der Waals surface area (Å²) in [4.78, 5) is 25.0. The van der Waals surface area contributed by atoms with Crippen molar-refractivity contribution in [1.82, 2.24) is 4.90 Å². The SMILES string of the molecule is COc1ccc(SCC(=O)N2CC(C(=O)O)C2)cc1. The Balaban J connectivity index is 1.76. The van der Waals surface area contributed by atoms with E-state index in [1.807, 2.05) is 24.3 Å². The number of hydrogen-bond acceptors (Lipinski definition) is 4. The molecule has 1 aliphatic heterocycles. The zero-order valence-corrected chi connectivity index (χ0v) is 11.4. The molecule has 6 heteroatoms. The van der Waals surface area contributed by atoms with Crippen LogP contribution in [-0.4, -0.2) is 47.8 Å². The molecule has 1 aliphatic rings. The minimum atomic E-state index is -0.827. The lowest BCUT2D eigenvalue weighted by atomic mass is 10.0. The van der Waals surface area contributed by atoms with Crippen LogP contribution in [0, 0.1) is 5.92 Å². The Bertz CT molecular complexity index is 468. The standard InChI is InChI=1S/C13H15NO4S/c1-18-10-2-4-11(5-3-10)19-8-12(15)14-6-9(7-14)13(16)17/h2-5,9H,6-8H2,1H3,(H,16,17). The van der Waals surface area contributed by atoms with Crippen LogP contribution in [0.15, 0.2) is 29.2 Å². The average Bonchev–Trinajstić information content (AvgIpc) is 2.34. The Labute approximate surface area is 115 Å². The van der Waals surface area contributed by atoms with Crippen molar-refractivity contribution in [2.45, 2.75) is 4.90 Å². The lowest BCUT2D eigenvalue weighted by molar-refractivity contribution is -0.151. The van der Waals surface area contributed by atoms with Crippen molar-refractivity contribution in [3.63, 3.8) is 0 Å². The van der Waals surface area contributed by atoms with Gasteiger partial charge in [0.2, 0.25) is 5.91 Å². The number of likely N-dealkylation sites (tertiary alicyclic amines) is 1. The zero-order chi connectivity index (χ0) is 13.8. The van der Waals surface area contributed by atoms with Gasteiger partial charge >= 0.3 is 5.97 Å². The van der Waals surface area contributed by atoms with Crippen LogP contribution in [0.5, 0.6) is 5.75 Å². The van der Waals surface area contributed by atoms with Gasteiger partial charge in [0.25, 0.3) is 0 Å². The Morgan fingerprint density at radius 2 is 2.00 bits per heavy atom. The van der Waals surface area contributed by atoms with Gasteiger partial charge < -0.3 is 14.7 Å². The molecule has 5 nitrogen and oxygen atoms in total. The first-order valence-corrected chi connectivity index (χ1v) is 6.86. The molecule has 19 heavy (non-hydrogen) atoms. The topological polar surface area (TPSA) is 66.8 Å². The molecule has 1 fully saturated rings. The van der Waals surface area contributed by atoms with Crippen LogP contribution in [0.2, 0.25) is 0 Å². The van der Waals surface area contributed by atoms with E-state index in [1.165, 1.54) is 11.8 Å². The molecule has 0 saturated carbocycles. The molecule has 102 valence electrons. The second-order valence-corrected chi connectivity index (χ2v) is 5.35. The number of ether oxygens (including phenoxy) is 1. The summed E-state index contributed by atoms with van der Waals surface area (Å²) in [7, 11) is 1.61. The lowest BCUT2D eigenvalue weighted by Gasteiger charge is -2.36. The molecule has 1 N–H and O–H groups in total. The van der Waals surface area contributed by atoms with E-state index in [4.69, 9.17) is 9.84 Å². The molecule has 0 aliphatic carbocycles. The van der Waals surface area contributed by atoms with Gasteiger partial charge in [-0.25, -0.2) is 0 Å². The quantitative estimate of drug-likeness (QED) is 0.825. The summed E-state index contributed by atoms with van der Waals surface area (Å²) in [5.74, 6) is -0.124. The first-order chi connectivity index (χ1) is 9.10. The Morgan fingerprint density at radius 1 is 1.37 bits per heavy atom. The van der Waals surface area contributed by atoms with Crippen LogP contribution in [0.25, 0.3) is 0 Å². The van der Waals surface area contributed by atoms with Gasteiger partial charge in [-0.2, -0.15) is 0 Å². The first-order valence-electron chi connectivity index (χ1n) is 5.87. The number of rotatable bonds is 5. The lowest BCUT2D eigenvalue weighted by Crippen LogP contribution is -2.53. The van der Waals surface area contributed by atoms with Crippen molar-refractivity contribution in [2.75, 3.05) is 26.0 Å². The van der Waals surface area contributed by atoms with Crippen molar-refractivity contribution in [3.05, 3.63) is 24.3 Å². The maximum atomic E-state index is 11.8. The third-order valence-electron chi connectivity index (χ3n) is 3.01. The van der Waals surface area contributed by atoms with Crippen molar-refractivity contribution in [1.29, 1.82) is 0 Å². The van der Waals surface area contributed by atoms with Gasteiger partial charge in [0.15, 0.2) is 0 Å². The number of hydrogen-bond donors (Lipinski definition) is 1.